The van der Waals surface area contributed by atoms with Gasteiger partial charge in [0.15, 0.2) is 11.5 Å². The quantitative estimate of drug-likeness (QED) is 0.863. The molecule has 2 heterocycles. The Hall–Kier alpha value is -3.02. The van der Waals surface area contributed by atoms with Crippen LogP contribution in [0.3, 0.4) is 0 Å². The molecule has 25 heavy (non-hydrogen) atoms. The maximum Gasteiger partial charge on any atom is 0.257 e. The Morgan fingerprint density at radius 2 is 1.88 bits per heavy atom. The highest BCUT2D eigenvalue weighted by Crippen LogP contribution is 2.38. The van der Waals surface area contributed by atoms with E-state index in [9.17, 15) is 14.7 Å². The topological polar surface area (TPSA) is 70.1 Å². The summed E-state index contributed by atoms with van der Waals surface area (Å²) in [7, 11) is 3.06. The summed E-state index contributed by atoms with van der Waals surface area (Å²) < 4.78 is 5.13. The van der Waals surface area contributed by atoms with Crippen LogP contribution in [-0.2, 0) is 17.8 Å². The SMILES string of the molecule is COc1cc2c(cc1O)N(C)C(=O)[C@@H]1Cc3ccccc3CN1C2=O. The van der Waals surface area contributed by atoms with Crippen LogP contribution in [0.15, 0.2) is 36.4 Å². The summed E-state index contributed by atoms with van der Waals surface area (Å²) >= 11 is 0. The van der Waals surface area contributed by atoms with Crippen LogP contribution in [0.2, 0.25) is 0 Å². The Morgan fingerprint density at radius 1 is 1.16 bits per heavy atom. The monoisotopic (exact) mass is 338 g/mol. The molecule has 0 spiro atoms. The minimum atomic E-state index is -0.548. The van der Waals surface area contributed by atoms with E-state index in [0.717, 1.165) is 11.1 Å². The number of hydrogen-bond donors (Lipinski definition) is 1. The van der Waals surface area contributed by atoms with Crippen molar-refractivity contribution in [2.75, 3.05) is 19.1 Å². The zero-order chi connectivity index (χ0) is 17.7. The van der Waals surface area contributed by atoms with Crippen molar-refractivity contribution in [2.45, 2.75) is 19.0 Å². The number of likely N-dealkylation sites (N-methyl/N-ethyl adjacent to an activating group) is 1. The number of nitrogens with zero attached hydrogens (tertiary/aromatic N) is 2. The number of aromatic hydroxyl groups is 1. The highest BCUT2D eigenvalue weighted by molar-refractivity contribution is 6.11. The third kappa shape index (κ3) is 2.25. The van der Waals surface area contributed by atoms with E-state index in [1.807, 2.05) is 24.3 Å². The van der Waals surface area contributed by atoms with Gasteiger partial charge < -0.3 is 19.6 Å². The first-order valence-electron chi connectivity index (χ1n) is 8.07. The molecular formula is C19H18N2O4. The molecule has 6 nitrogen and oxygen atoms in total. The molecule has 4 rings (SSSR count). The van der Waals surface area contributed by atoms with Gasteiger partial charge in [-0.1, -0.05) is 24.3 Å². The highest BCUT2D eigenvalue weighted by atomic mass is 16.5. The molecule has 1 N–H and O–H groups in total. The third-order valence-electron chi connectivity index (χ3n) is 5.01. The number of rotatable bonds is 1. The van der Waals surface area contributed by atoms with E-state index < -0.39 is 6.04 Å². The van der Waals surface area contributed by atoms with Crippen molar-refractivity contribution < 1.29 is 19.4 Å². The zero-order valence-corrected chi connectivity index (χ0v) is 14.0. The number of carbonyl (C=O) groups is 2. The van der Waals surface area contributed by atoms with Crippen LogP contribution in [0.25, 0.3) is 0 Å². The Morgan fingerprint density at radius 3 is 2.60 bits per heavy atom. The number of amides is 2. The highest BCUT2D eigenvalue weighted by Gasteiger charge is 2.41. The van der Waals surface area contributed by atoms with Gasteiger partial charge in [0.05, 0.1) is 18.4 Å². The number of benzene rings is 2. The van der Waals surface area contributed by atoms with Crippen LogP contribution in [0.4, 0.5) is 5.69 Å². The van der Waals surface area contributed by atoms with Gasteiger partial charge in [-0.2, -0.15) is 0 Å². The maximum absolute atomic E-state index is 13.2. The lowest BCUT2D eigenvalue weighted by atomic mass is 9.93. The Balaban J connectivity index is 1.87. The summed E-state index contributed by atoms with van der Waals surface area (Å²) in [6.45, 7) is 0.391. The van der Waals surface area contributed by atoms with Crippen molar-refractivity contribution in [3.8, 4) is 11.5 Å². The molecule has 2 aliphatic heterocycles. The van der Waals surface area contributed by atoms with Crippen LogP contribution in [-0.4, -0.2) is 42.0 Å². The van der Waals surface area contributed by atoms with Gasteiger partial charge in [-0.05, 0) is 17.2 Å². The molecule has 2 amide bonds. The number of carbonyl (C=O) groups excluding carboxylic acids is 2. The van der Waals surface area contributed by atoms with Crippen molar-refractivity contribution >= 4 is 17.5 Å². The minimum absolute atomic E-state index is 0.100. The molecule has 2 aromatic carbocycles. The van der Waals surface area contributed by atoms with Gasteiger partial charge in [-0.15, -0.1) is 0 Å². The van der Waals surface area contributed by atoms with Gasteiger partial charge in [0.25, 0.3) is 5.91 Å². The molecule has 0 saturated heterocycles. The average Bonchev–Trinajstić information content (AvgIpc) is 2.70. The summed E-state index contributed by atoms with van der Waals surface area (Å²) in [5.74, 6) is -0.280. The second-order valence-electron chi connectivity index (χ2n) is 6.36. The van der Waals surface area contributed by atoms with Crippen molar-refractivity contribution in [1.29, 1.82) is 0 Å². The number of phenols is 1. The molecule has 0 unspecified atom stereocenters. The maximum atomic E-state index is 13.2. The number of methoxy groups -OCH3 is 1. The van der Waals surface area contributed by atoms with Crippen LogP contribution in [0, 0.1) is 0 Å². The molecule has 2 aliphatic rings. The molecule has 0 fully saturated rings. The van der Waals surface area contributed by atoms with E-state index in [1.54, 1.807) is 11.9 Å². The third-order valence-corrected chi connectivity index (χ3v) is 5.01. The van der Waals surface area contributed by atoms with Gasteiger partial charge in [-0.25, -0.2) is 0 Å². The van der Waals surface area contributed by atoms with Crippen LogP contribution in [0.1, 0.15) is 21.5 Å². The number of phenolic OH excluding ortho intramolecular Hbond substituents is 1. The number of hydrogen-bond acceptors (Lipinski definition) is 4. The Labute approximate surface area is 145 Å². The second kappa shape index (κ2) is 5.51. The van der Waals surface area contributed by atoms with E-state index in [2.05, 4.69) is 0 Å². The van der Waals surface area contributed by atoms with Gasteiger partial charge in [0.1, 0.15) is 6.04 Å². The van der Waals surface area contributed by atoms with E-state index in [4.69, 9.17) is 4.74 Å². The van der Waals surface area contributed by atoms with Crippen molar-refractivity contribution in [1.82, 2.24) is 4.90 Å². The van der Waals surface area contributed by atoms with E-state index in [1.165, 1.54) is 24.1 Å². The average molecular weight is 338 g/mol. The fourth-order valence-corrected chi connectivity index (χ4v) is 3.62. The van der Waals surface area contributed by atoms with E-state index in [0.29, 0.717) is 24.2 Å². The first-order valence-corrected chi connectivity index (χ1v) is 8.07. The molecule has 128 valence electrons. The van der Waals surface area contributed by atoms with Crippen molar-refractivity contribution in [3.63, 3.8) is 0 Å². The van der Waals surface area contributed by atoms with Crippen LogP contribution < -0.4 is 9.64 Å². The molecule has 0 radical (unpaired) electrons. The standard InChI is InChI=1S/C19H18N2O4/c1-20-14-9-16(22)17(25-2)8-13(14)18(23)21-10-12-6-4-3-5-11(12)7-15(21)19(20)24/h3-6,8-9,15,22H,7,10H2,1-2H3/t15-/m0/s1. The molecule has 0 saturated carbocycles. The molecule has 0 aliphatic carbocycles. The van der Waals surface area contributed by atoms with Gasteiger partial charge in [0, 0.05) is 26.1 Å². The lowest BCUT2D eigenvalue weighted by Gasteiger charge is -2.35. The Bertz CT molecular complexity index is 893. The summed E-state index contributed by atoms with van der Waals surface area (Å²) in [5.41, 5.74) is 2.89. The molecule has 0 bridgehead atoms. The van der Waals surface area contributed by atoms with Crippen LogP contribution in [0.5, 0.6) is 11.5 Å². The first kappa shape index (κ1) is 15.5. The second-order valence-corrected chi connectivity index (χ2v) is 6.36. The summed E-state index contributed by atoms with van der Waals surface area (Å²) in [4.78, 5) is 29.2. The first-order chi connectivity index (χ1) is 12.0. The fraction of sp³-hybridized carbons (Fsp3) is 0.263. The number of fused-ring (bicyclic) bond motifs is 3. The van der Waals surface area contributed by atoms with Gasteiger partial charge in [0.2, 0.25) is 5.91 Å². The molecule has 0 aromatic heterocycles. The normalized spacial score (nSPS) is 19.0. The van der Waals surface area contributed by atoms with E-state index >= 15 is 0 Å². The number of ether oxygens (including phenoxy) is 1. The van der Waals surface area contributed by atoms with Crippen molar-refractivity contribution in [3.05, 3.63) is 53.1 Å². The lowest BCUT2D eigenvalue weighted by Crippen LogP contribution is -2.50. The summed E-state index contributed by atoms with van der Waals surface area (Å²) in [6.07, 6.45) is 0.488. The number of anilines is 1. The van der Waals surface area contributed by atoms with Crippen molar-refractivity contribution in [2.24, 2.45) is 0 Å². The molecular weight excluding hydrogens is 320 g/mol. The Kier molecular flexibility index (Phi) is 3.42. The van der Waals surface area contributed by atoms with Gasteiger partial charge >= 0.3 is 0 Å². The molecule has 1 atom stereocenters. The fourth-order valence-electron chi connectivity index (χ4n) is 3.62. The van der Waals surface area contributed by atoms with Crippen LogP contribution >= 0.6 is 0 Å². The summed E-state index contributed by atoms with van der Waals surface area (Å²) in [5, 5.41) is 10.1. The minimum Gasteiger partial charge on any atom is -0.504 e. The zero-order valence-electron chi connectivity index (χ0n) is 14.0. The largest absolute Gasteiger partial charge is 0.504 e. The smallest absolute Gasteiger partial charge is 0.257 e. The van der Waals surface area contributed by atoms with Gasteiger partial charge in [-0.3, -0.25) is 9.59 Å². The predicted molar refractivity (Wildman–Crippen MR) is 91.9 cm³/mol. The molecule has 6 heteroatoms. The van der Waals surface area contributed by atoms with E-state index in [-0.39, 0.29) is 23.3 Å². The lowest BCUT2D eigenvalue weighted by molar-refractivity contribution is -0.123. The molecule has 2 aromatic rings. The predicted octanol–water partition coefficient (Wildman–Crippen LogP) is 1.94. The summed E-state index contributed by atoms with van der Waals surface area (Å²) in [6, 6.07) is 10.2.